The van der Waals surface area contributed by atoms with Crippen molar-refractivity contribution in [2.75, 3.05) is 0 Å². The Morgan fingerprint density at radius 1 is 0.909 bits per heavy atom. The van der Waals surface area contributed by atoms with Crippen LogP contribution in [0.25, 0.3) is 21.9 Å². The van der Waals surface area contributed by atoms with Crippen molar-refractivity contribution in [3.8, 4) is 11.1 Å². The van der Waals surface area contributed by atoms with E-state index in [4.69, 9.17) is 11.6 Å². The molecule has 0 aromatic heterocycles. The van der Waals surface area contributed by atoms with Gasteiger partial charge in [0.25, 0.3) is 0 Å². The van der Waals surface area contributed by atoms with Gasteiger partial charge in [0.05, 0.1) is 0 Å². The van der Waals surface area contributed by atoms with E-state index in [0.29, 0.717) is 5.92 Å². The van der Waals surface area contributed by atoms with E-state index >= 15 is 0 Å². The summed E-state index contributed by atoms with van der Waals surface area (Å²) in [5, 5.41) is 3.47. The molecule has 22 heavy (non-hydrogen) atoms. The molecule has 0 fully saturated rings. The second-order valence-electron chi connectivity index (χ2n) is 5.22. The summed E-state index contributed by atoms with van der Waals surface area (Å²) >= 11 is 5.97. The Morgan fingerprint density at radius 2 is 1.50 bits per heavy atom. The van der Waals surface area contributed by atoms with Gasteiger partial charge in [-0.3, -0.25) is 0 Å². The number of rotatable bonds is 2. The molecule has 0 saturated heterocycles. The largest absolute Gasteiger partial charge is 0.147 e. The third-order valence-electron chi connectivity index (χ3n) is 3.61. The molecule has 3 rings (SSSR count). The Morgan fingerprint density at radius 3 is 2.09 bits per heavy atom. The Hall–Kier alpha value is -0.197. The summed E-state index contributed by atoms with van der Waals surface area (Å²) in [4.78, 5) is 0. The van der Waals surface area contributed by atoms with E-state index in [1.54, 1.807) is 0 Å². The minimum atomic E-state index is 0. The molecular weight excluding hydrogens is 414 g/mol. The first-order chi connectivity index (χ1) is 9.16. The van der Waals surface area contributed by atoms with Crippen LogP contribution in [0.1, 0.15) is 25.3 Å². The minimum absolute atomic E-state index is 0. The maximum Gasteiger partial charge on any atom is 0.0405 e. The van der Waals surface area contributed by atoms with Gasteiger partial charge in [0, 0.05) is 31.2 Å². The van der Waals surface area contributed by atoms with Crippen LogP contribution >= 0.6 is 36.4 Å². The molecule has 0 heterocycles. The molecule has 0 saturated carbocycles. The predicted octanol–water partition coefficient (Wildman–Crippen LogP) is 6.84. The Kier molecular flexibility index (Phi) is 9.10. The summed E-state index contributed by atoms with van der Waals surface area (Å²) in [6.07, 6.45) is 0. The molecule has 3 aromatic carbocycles. The van der Waals surface area contributed by atoms with Gasteiger partial charge in [0.1, 0.15) is 0 Å². The van der Waals surface area contributed by atoms with Crippen LogP contribution in [0.3, 0.4) is 0 Å². The number of hydrogen-bond acceptors (Lipinski definition) is 0. The molecule has 0 spiro atoms. The van der Waals surface area contributed by atoms with E-state index in [0.717, 1.165) is 5.02 Å². The van der Waals surface area contributed by atoms with Gasteiger partial charge in [-0.25, -0.2) is 0 Å². The molecule has 116 valence electrons. The third-order valence-corrected chi connectivity index (χ3v) is 3.86. The van der Waals surface area contributed by atoms with Crippen LogP contribution in [0.4, 0.5) is 0 Å². The van der Waals surface area contributed by atoms with E-state index in [1.165, 1.54) is 27.5 Å². The number of hydrogen-bond donors (Lipinski definition) is 0. The van der Waals surface area contributed by atoms with Crippen molar-refractivity contribution in [1.29, 1.82) is 0 Å². The van der Waals surface area contributed by atoms with Crippen molar-refractivity contribution in [2.45, 2.75) is 19.8 Å². The molecule has 0 aliphatic carbocycles. The van der Waals surface area contributed by atoms with Gasteiger partial charge in [-0.15, -0.1) is 71.0 Å². The zero-order chi connectivity index (χ0) is 13.4. The van der Waals surface area contributed by atoms with Gasteiger partial charge < -0.3 is 0 Å². The summed E-state index contributed by atoms with van der Waals surface area (Å²) < 4.78 is 0. The normalized spacial score (nSPS) is 9.82. The van der Waals surface area contributed by atoms with Crippen molar-refractivity contribution >= 4 is 47.2 Å². The maximum absolute atomic E-state index is 5.97. The maximum atomic E-state index is 5.97. The summed E-state index contributed by atoms with van der Waals surface area (Å²) in [5.74, 6) is 0.533. The topological polar surface area (TPSA) is 0 Å². The predicted molar refractivity (Wildman–Crippen MR) is 98.6 cm³/mol. The fraction of sp³-hybridized carbons (Fsp3) is 0.167. The Labute approximate surface area is 168 Å². The second kappa shape index (κ2) is 9.18. The molecule has 0 N–H and O–H groups in total. The van der Waals surface area contributed by atoms with Gasteiger partial charge in [0.15, 0.2) is 0 Å². The average Bonchev–Trinajstić information content (AvgIpc) is 2.79. The van der Waals surface area contributed by atoms with Gasteiger partial charge >= 0.3 is 0 Å². The smallest absolute Gasteiger partial charge is 0.0405 e. The van der Waals surface area contributed by atoms with E-state index in [9.17, 15) is 0 Å². The van der Waals surface area contributed by atoms with Crippen LogP contribution in [0.15, 0.2) is 54.6 Å². The molecule has 4 heteroatoms. The zero-order valence-electron chi connectivity index (χ0n) is 12.5. The Balaban J connectivity index is 0.00000147. The first kappa shape index (κ1) is 21.8. The molecule has 0 aliphatic heterocycles. The molecule has 0 radical (unpaired) electrons. The van der Waals surface area contributed by atoms with E-state index in [-0.39, 0.29) is 51.0 Å². The van der Waals surface area contributed by atoms with Crippen molar-refractivity contribution < 1.29 is 26.2 Å². The monoisotopic (exact) mass is 429 g/mol. The van der Waals surface area contributed by atoms with Crippen LogP contribution < -0.4 is 0 Å². The number of halogens is 3. The molecule has 0 unspecified atom stereocenters. The third kappa shape index (κ3) is 4.21. The molecule has 0 bridgehead atoms. The van der Waals surface area contributed by atoms with Gasteiger partial charge in [-0.2, -0.15) is 0 Å². The second-order valence-corrected chi connectivity index (χ2v) is 5.66. The quantitative estimate of drug-likeness (QED) is 0.389. The van der Waals surface area contributed by atoms with Gasteiger partial charge in [-0.1, -0.05) is 55.1 Å². The zero-order valence-corrected chi connectivity index (χ0v) is 17.3. The molecular formula is C18H18Cl3Zr-. The summed E-state index contributed by atoms with van der Waals surface area (Å²) in [6, 6.07) is 19.0. The molecule has 0 atom stereocenters. The van der Waals surface area contributed by atoms with Gasteiger partial charge in [0.2, 0.25) is 0 Å². The fourth-order valence-corrected chi connectivity index (χ4v) is 2.75. The summed E-state index contributed by atoms with van der Waals surface area (Å²) in [5.41, 5.74) is 3.95. The van der Waals surface area contributed by atoms with Gasteiger partial charge in [-0.05, 0) is 12.1 Å². The first-order valence-electron chi connectivity index (χ1n) is 6.61. The van der Waals surface area contributed by atoms with E-state index in [2.05, 4.69) is 56.3 Å². The van der Waals surface area contributed by atoms with E-state index in [1.807, 2.05) is 12.1 Å². The molecule has 0 nitrogen and oxygen atoms in total. The number of benzene rings is 2. The SMILES string of the molecule is CC(C)[c-]1cc(-c2ccc(Cl)cc2)c2ccccc21.Cl.Cl.[Zr]. The molecule has 3 aromatic rings. The van der Waals surface area contributed by atoms with Crippen LogP contribution in [-0.2, 0) is 26.2 Å². The van der Waals surface area contributed by atoms with Crippen molar-refractivity contribution in [2.24, 2.45) is 0 Å². The van der Waals surface area contributed by atoms with Crippen LogP contribution in [0.2, 0.25) is 5.02 Å². The molecule has 0 aliphatic rings. The first-order valence-corrected chi connectivity index (χ1v) is 6.99. The van der Waals surface area contributed by atoms with Crippen molar-refractivity contribution in [3.05, 3.63) is 65.2 Å². The van der Waals surface area contributed by atoms with Crippen LogP contribution in [-0.4, -0.2) is 0 Å². The molecule has 0 amide bonds. The summed E-state index contributed by atoms with van der Waals surface area (Å²) in [7, 11) is 0. The van der Waals surface area contributed by atoms with Crippen molar-refractivity contribution in [1.82, 2.24) is 0 Å². The Bertz CT molecular complexity index is 715. The van der Waals surface area contributed by atoms with E-state index < -0.39 is 0 Å². The average molecular weight is 432 g/mol. The van der Waals surface area contributed by atoms with Crippen molar-refractivity contribution in [3.63, 3.8) is 0 Å². The van der Waals surface area contributed by atoms with Crippen LogP contribution in [0.5, 0.6) is 0 Å². The van der Waals surface area contributed by atoms with Crippen LogP contribution in [0, 0.1) is 0 Å². The minimum Gasteiger partial charge on any atom is -0.147 e. The fourth-order valence-electron chi connectivity index (χ4n) is 2.63. The summed E-state index contributed by atoms with van der Waals surface area (Å²) in [6.45, 7) is 4.49. The number of fused-ring (bicyclic) bond motifs is 1. The standard InChI is InChI=1S/C18H16Cl.2ClH.Zr/c1-12(2)17-11-18(13-7-9-14(19)10-8-13)16-6-4-3-5-15(16)17;;;/h3-12H,1-2H3;2*1H;/q-1;;;.